The van der Waals surface area contributed by atoms with E-state index in [1.54, 1.807) is 72.7 Å². The van der Waals surface area contributed by atoms with Crippen molar-refractivity contribution >= 4 is 52.1 Å². The molecule has 14 nitrogen and oxygen atoms in total. The number of aromatic nitrogens is 1. The summed E-state index contributed by atoms with van der Waals surface area (Å²) in [6.45, 7) is 12.1. The Balaban J connectivity index is 1.90. The van der Waals surface area contributed by atoms with Crippen molar-refractivity contribution in [2.75, 3.05) is 31.3 Å². The van der Waals surface area contributed by atoms with E-state index in [0.717, 1.165) is 21.8 Å². The van der Waals surface area contributed by atoms with Gasteiger partial charge < -0.3 is 30.6 Å². The first kappa shape index (κ1) is 37.1. The van der Waals surface area contributed by atoms with Crippen molar-refractivity contribution in [2.45, 2.75) is 91.5 Å². The number of likely N-dealkylation sites (N-methyl/N-ethyl adjacent to an activating group) is 1. The van der Waals surface area contributed by atoms with Crippen LogP contribution in [0.5, 0.6) is 0 Å². The lowest BCUT2D eigenvalue weighted by atomic mass is 9.82. The summed E-state index contributed by atoms with van der Waals surface area (Å²) in [5.74, 6) is -2.49. The molecule has 0 spiro atoms. The van der Waals surface area contributed by atoms with Crippen molar-refractivity contribution in [3.63, 3.8) is 0 Å². The quantitative estimate of drug-likeness (QED) is 0.222. The molecule has 5 N–H and O–H groups in total. The number of thiazole rings is 1. The predicted octanol–water partition coefficient (Wildman–Crippen LogP) is 4.74. The number of nitrogens with zero attached hydrogens (tertiary/aromatic N) is 4. The van der Waals surface area contributed by atoms with Crippen LogP contribution in [0.1, 0.15) is 82.2 Å². The lowest BCUT2D eigenvalue weighted by Gasteiger charge is -2.55. The molecule has 47 heavy (non-hydrogen) atoms. The fourth-order valence-corrected chi connectivity index (χ4v) is 6.77. The summed E-state index contributed by atoms with van der Waals surface area (Å²) in [5.41, 5.74) is -0.0596. The van der Waals surface area contributed by atoms with Gasteiger partial charge in [-0.2, -0.15) is 0 Å². The molecule has 2 atom stereocenters. The molecule has 1 aromatic carbocycles. The van der Waals surface area contributed by atoms with Crippen molar-refractivity contribution in [1.82, 2.24) is 25.0 Å². The van der Waals surface area contributed by atoms with Gasteiger partial charge in [-0.05, 0) is 64.2 Å². The molecule has 1 unspecified atom stereocenters. The minimum atomic E-state index is -1.75. The lowest BCUT2D eigenvalue weighted by Crippen LogP contribution is -2.76. The largest absolute Gasteiger partial charge is 0.465 e. The fourth-order valence-electron chi connectivity index (χ4n) is 5.76. The van der Waals surface area contributed by atoms with Gasteiger partial charge >= 0.3 is 12.2 Å². The summed E-state index contributed by atoms with van der Waals surface area (Å²) >= 11 is 1.09. The highest BCUT2D eigenvalue weighted by molar-refractivity contribution is 7.17. The minimum absolute atomic E-state index is 0.138. The molecule has 0 saturated carbocycles. The highest BCUT2D eigenvalue weighted by Crippen LogP contribution is 2.39. The van der Waals surface area contributed by atoms with Crippen LogP contribution in [0, 0.1) is 5.41 Å². The number of likely N-dealkylation sites (tertiary alicyclic amines) is 1. The summed E-state index contributed by atoms with van der Waals surface area (Å²) in [5, 5.41) is 28.7. The predicted molar refractivity (Wildman–Crippen MR) is 180 cm³/mol. The number of hydrogen-bond donors (Lipinski definition) is 5. The Morgan fingerprint density at radius 1 is 1.00 bits per heavy atom. The highest BCUT2D eigenvalue weighted by Gasteiger charge is 2.54. The molecule has 1 saturated heterocycles. The summed E-state index contributed by atoms with van der Waals surface area (Å²) < 4.78 is 0. The zero-order valence-electron chi connectivity index (χ0n) is 28.6. The molecule has 3 rings (SSSR count). The zero-order valence-corrected chi connectivity index (χ0v) is 29.4. The van der Waals surface area contributed by atoms with E-state index in [2.05, 4.69) is 20.9 Å². The Morgan fingerprint density at radius 3 is 2.11 bits per heavy atom. The first-order valence-electron chi connectivity index (χ1n) is 15.4. The molecular weight excluding hydrogens is 626 g/mol. The van der Waals surface area contributed by atoms with E-state index in [4.69, 9.17) is 0 Å². The molecule has 1 aromatic heterocycles. The van der Waals surface area contributed by atoms with Crippen LogP contribution in [0.4, 0.5) is 20.4 Å². The average Bonchev–Trinajstić information content (AvgIpc) is 3.57. The zero-order chi connectivity index (χ0) is 35.5. The second-order valence-electron chi connectivity index (χ2n) is 13.9. The third-order valence-electron chi connectivity index (χ3n) is 7.91. The standard InChI is InChI=1S/C32H47N7O7S/c1-19(40)33-27-34-22(24(47-27)26(42)38-18-10-11-23(38)25(41)37(8)9)17-14-20-12-15-21(16-13-20)35-32(30(2,3)4,36-28(43)44)39(29(45)46)31(5,6)7/h12-13,15-16,23,35-36H,10-11,14,17-18H2,1-9H3,(H,43,44)(H,45,46)(H,33,34,40)/t23-,32?/m1/s1. The summed E-state index contributed by atoms with van der Waals surface area (Å²) in [4.78, 5) is 71.9. The van der Waals surface area contributed by atoms with Crippen LogP contribution in [-0.4, -0.2) is 97.8 Å². The molecule has 15 heteroatoms. The average molecular weight is 674 g/mol. The van der Waals surface area contributed by atoms with Crippen molar-refractivity contribution in [1.29, 1.82) is 0 Å². The minimum Gasteiger partial charge on any atom is -0.465 e. The van der Waals surface area contributed by atoms with Crippen LogP contribution < -0.4 is 16.0 Å². The molecule has 0 radical (unpaired) electrons. The van der Waals surface area contributed by atoms with Gasteiger partial charge in [-0.25, -0.2) is 14.6 Å². The first-order valence-corrected chi connectivity index (χ1v) is 16.2. The van der Waals surface area contributed by atoms with E-state index in [1.165, 1.54) is 11.8 Å². The molecule has 2 heterocycles. The van der Waals surface area contributed by atoms with E-state index in [-0.39, 0.29) is 17.7 Å². The topological polar surface area (TPSA) is 185 Å². The Bertz CT molecular complexity index is 1490. The van der Waals surface area contributed by atoms with Crippen LogP contribution in [0.2, 0.25) is 0 Å². The monoisotopic (exact) mass is 673 g/mol. The van der Waals surface area contributed by atoms with E-state index in [1.807, 2.05) is 12.1 Å². The molecule has 0 bridgehead atoms. The van der Waals surface area contributed by atoms with Gasteiger partial charge in [0.25, 0.3) is 5.91 Å². The molecule has 1 aliphatic rings. The van der Waals surface area contributed by atoms with Gasteiger partial charge in [0.2, 0.25) is 17.6 Å². The first-order chi connectivity index (χ1) is 21.7. The number of hydrogen-bond acceptors (Lipinski definition) is 8. The van der Waals surface area contributed by atoms with Crippen molar-refractivity contribution in [3.05, 3.63) is 40.4 Å². The van der Waals surface area contributed by atoms with E-state index in [0.29, 0.717) is 53.6 Å². The Morgan fingerprint density at radius 2 is 1.62 bits per heavy atom. The molecule has 258 valence electrons. The van der Waals surface area contributed by atoms with Crippen molar-refractivity contribution in [2.24, 2.45) is 5.41 Å². The van der Waals surface area contributed by atoms with E-state index >= 15 is 0 Å². The molecule has 1 fully saturated rings. The van der Waals surface area contributed by atoms with E-state index < -0.39 is 35.0 Å². The van der Waals surface area contributed by atoms with Gasteiger partial charge in [0, 0.05) is 44.2 Å². The highest BCUT2D eigenvalue weighted by atomic mass is 32.1. The summed E-state index contributed by atoms with van der Waals surface area (Å²) in [6.07, 6.45) is -0.560. The molecule has 0 aliphatic carbocycles. The maximum absolute atomic E-state index is 13.7. The lowest BCUT2D eigenvalue weighted by molar-refractivity contribution is -0.132. The van der Waals surface area contributed by atoms with Gasteiger partial charge in [0.1, 0.15) is 10.9 Å². The number of carboxylic acid groups (broad SMARTS) is 2. The number of carbonyl (C=O) groups excluding carboxylic acids is 3. The molecular formula is C32H47N7O7S. The molecule has 2 aromatic rings. The third-order valence-corrected chi connectivity index (χ3v) is 8.92. The number of rotatable bonds is 10. The second kappa shape index (κ2) is 14.2. The summed E-state index contributed by atoms with van der Waals surface area (Å²) in [7, 11) is 3.32. The van der Waals surface area contributed by atoms with Crippen molar-refractivity contribution in [3.8, 4) is 0 Å². The van der Waals surface area contributed by atoms with Crippen LogP contribution in [0.25, 0.3) is 0 Å². The Labute approximate surface area is 279 Å². The number of aryl methyl sites for hydroxylation is 2. The molecule has 1 aliphatic heterocycles. The van der Waals surface area contributed by atoms with Crippen LogP contribution in [0.15, 0.2) is 24.3 Å². The maximum Gasteiger partial charge on any atom is 0.411 e. The number of carbonyl (C=O) groups is 5. The maximum atomic E-state index is 13.7. The fraction of sp³-hybridized carbons (Fsp3) is 0.562. The summed E-state index contributed by atoms with van der Waals surface area (Å²) in [6, 6.07) is 6.57. The van der Waals surface area contributed by atoms with Gasteiger partial charge in [-0.1, -0.05) is 44.2 Å². The number of anilines is 2. The van der Waals surface area contributed by atoms with Gasteiger partial charge in [0.05, 0.1) is 5.69 Å². The Hall–Kier alpha value is -4.40. The van der Waals surface area contributed by atoms with Gasteiger partial charge in [0.15, 0.2) is 5.13 Å². The van der Waals surface area contributed by atoms with Crippen molar-refractivity contribution < 1.29 is 34.2 Å². The SMILES string of the molecule is CC(=O)Nc1nc(CCc2ccc(NC(NC(=O)O)(N(C(=O)O)C(C)(C)C)C(C)(C)C)cc2)c(C(=O)N2CCC[C@@H]2C(=O)N(C)C)s1. The van der Waals surface area contributed by atoms with Crippen LogP contribution in [-0.2, 0) is 22.4 Å². The van der Waals surface area contributed by atoms with Crippen LogP contribution >= 0.6 is 11.3 Å². The van der Waals surface area contributed by atoms with Crippen LogP contribution in [0.3, 0.4) is 0 Å². The van der Waals surface area contributed by atoms with Gasteiger partial charge in [-0.15, -0.1) is 0 Å². The number of benzene rings is 1. The Kier molecular flexibility index (Phi) is 11.2. The number of nitrogens with one attached hydrogen (secondary N) is 3. The molecule has 5 amide bonds. The smallest absolute Gasteiger partial charge is 0.411 e. The normalized spacial score (nSPS) is 16.2. The third kappa shape index (κ3) is 8.50. The van der Waals surface area contributed by atoms with Gasteiger partial charge in [-0.3, -0.25) is 24.6 Å². The number of amides is 5. The van der Waals surface area contributed by atoms with E-state index in [9.17, 15) is 34.2 Å². The second-order valence-corrected chi connectivity index (χ2v) is 14.9.